The number of methoxy groups -OCH3 is 1. The highest BCUT2D eigenvalue weighted by molar-refractivity contribution is 6.05. The predicted octanol–water partition coefficient (Wildman–Crippen LogP) is 4.28. The first-order valence-electron chi connectivity index (χ1n) is 9.12. The summed E-state index contributed by atoms with van der Waals surface area (Å²) >= 11 is 0. The minimum atomic E-state index is -0.759. The molecule has 3 aromatic rings. The van der Waals surface area contributed by atoms with Crippen molar-refractivity contribution in [2.24, 2.45) is 0 Å². The number of amides is 1. The van der Waals surface area contributed by atoms with Crippen LogP contribution >= 0.6 is 0 Å². The lowest BCUT2D eigenvalue weighted by Gasteiger charge is -2.27. The third kappa shape index (κ3) is 3.45. The van der Waals surface area contributed by atoms with Crippen LogP contribution in [0.15, 0.2) is 78.8 Å². The molecule has 1 aliphatic rings. The van der Waals surface area contributed by atoms with Crippen LogP contribution in [0.1, 0.15) is 22.7 Å². The Morgan fingerprint density at radius 1 is 1.07 bits per heavy atom. The highest BCUT2D eigenvalue weighted by atomic mass is 19.1. The van der Waals surface area contributed by atoms with Crippen LogP contribution < -0.4 is 4.74 Å². The van der Waals surface area contributed by atoms with E-state index < -0.39 is 17.8 Å². The summed E-state index contributed by atoms with van der Waals surface area (Å²) in [5.74, 6) is -0.710. The van der Waals surface area contributed by atoms with E-state index in [1.807, 2.05) is 0 Å². The van der Waals surface area contributed by atoms with Crippen molar-refractivity contribution in [2.75, 3.05) is 7.11 Å². The molecule has 1 amide bonds. The summed E-state index contributed by atoms with van der Waals surface area (Å²) in [6.07, 6.45) is 3.26. The minimum absolute atomic E-state index is 0.212. The van der Waals surface area contributed by atoms with Gasteiger partial charge in [0.15, 0.2) is 5.76 Å². The van der Waals surface area contributed by atoms with Crippen molar-refractivity contribution in [2.45, 2.75) is 12.6 Å². The van der Waals surface area contributed by atoms with Crippen molar-refractivity contribution in [3.05, 3.63) is 101 Å². The lowest BCUT2D eigenvalue weighted by atomic mass is 9.93. The molecule has 29 heavy (non-hydrogen) atoms. The maximum atomic E-state index is 14.7. The van der Waals surface area contributed by atoms with Crippen LogP contribution in [0.5, 0.6) is 5.75 Å². The molecular formula is C23H19FN2O3. The number of aliphatic hydroxyl groups excluding tert-OH is 1. The molecule has 2 heterocycles. The van der Waals surface area contributed by atoms with Gasteiger partial charge in [0, 0.05) is 30.1 Å². The molecule has 0 saturated heterocycles. The summed E-state index contributed by atoms with van der Waals surface area (Å²) in [4.78, 5) is 18.4. The Kier molecular flexibility index (Phi) is 4.99. The van der Waals surface area contributed by atoms with E-state index in [4.69, 9.17) is 4.74 Å². The molecule has 0 fully saturated rings. The predicted molar refractivity (Wildman–Crippen MR) is 106 cm³/mol. The SMILES string of the molecule is COc1ccc(C2=C(O)C(=O)N(Cc3ccncc3)[C@@H]2c2ccccc2F)cc1. The van der Waals surface area contributed by atoms with Crippen LogP contribution in [-0.4, -0.2) is 28.0 Å². The summed E-state index contributed by atoms with van der Waals surface area (Å²) in [5, 5.41) is 10.7. The molecule has 5 nitrogen and oxygen atoms in total. The fraction of sp³-hybridized carbons (Fsp3) is 0.130. The molecule has 0 saturated carbocycles. The summed E-state index contributed by atoms with van der Waals surface area (Å²) in [6.45, 7) is 0.212. The molecule has 1 aromatic heterocycles. The van der Waals surface area contributed by atoms with Gasteiger partial charge in [-0.1, -0.05) is 30.3 Å². The second-order valence-electron chi connectivity index (χ2n) is 6.70. The zero-order valence-corrected chi connectivity index (χ0v) is 15.7. The van der Waals surface area contributed by atoms with Gasteiger partial charge in [-0.15, -0.1) is 0 Å². The zero-order valence-electron chi connectivity index (χ0n) is 15.7. The minimum Gasteiger partial charge on any atom is -0.503 e. The standard InChI is InChI=1S/C23H19FN2O3/c1-29-17-8-6-16(7-9-17)20-21(18-4-2-3-5-19(18)24)26(23(28)22(20)27)14-15-10-12-25-13-11-15/h2-13,21,27H,14H2,1H3/t21-/m1/s1. The Bertz CT molecular complexity index is 1060. The Morgan fingerprint density at radius 2 is 1.76 bits per heavy atom. The number of hydrogen-bond acceptors (Lipinski definition) is 4. The van der Waals surface area contributed by atoms with Gasteiger partial charge in [-0.2, -0.15) is 0 Å². The van der Waals surface area contributed by atoms with Gasteiger partial charge in [0.1, 0.15) is 11.6 Å². The lowest BCUT2D eigenvalue weighted by molar-refractivity contribution is -0.130. The zero-order chi connectivity index (χ0) is 20.4. The van der Waals surface area contributed by atoms with Crippen molar-refractivity contribution < 1.29 is 19.0 Å². The molecule has 0 radical (unpaired) electrons. The molecule has 146 valence electrons. The Labute approximate surface area is 167 Å². The van der Waals surface area contributed by atoms with Gasteiger partial charge >= 0.3 is 0 Å². The van der Waals surface area contributed by atoms with Gasteiger partial charge in [0.25, 0.3) is 5.91 Å². The van der Waals surface area contributed by atoms with Crippen LogP contribution in [0.3, 0.4) is 0 Å². The number of carbonyl (C=O) groups is 1. The van der Waals surface area contributed by atoms with Gasteiger partial charge in [-0.05, 0) is 41.5 Å². The van der Waals surface area contributed by atoms with Gasteiger partial charge in [0.2, 0.25) is 0 Å². The number of rotatable bonds is 5. The molecule has 2 aromatic carbocycles. The van der Waals surface area contributed by atoms with Gasteiger partial charge < -0.3 is 14.7 Å². The van der Waals surface area contributed by atoms with Crippen molar-refractivity contribution in [3.8, 4) is 5.75 Å². The average Bonchev–Trinajstić information content (AvgIpc) is 3.00. The van der Waals surface area contributed by atoms with Gasteiger partial charge in [-0.25, -0.2) is 4.39 Å². The molecule has 6 heteroatoms. The molecule has 1 atom stereocenters. The summed E-state index contributed by atoms with van der Waals surface area (Å²) in [5.41, 5.74) is 2.15. The van der Waals surface area contributed by atoms with Gasteiger partial charge in [-0.3, -0.25) is 9.78 Å². The second-order valence-corrected chi connectivity index (χ2v) is 6.70. The number of halogens is 1. The third-order valence-corrected chi connectivity index (χ3v) is 5.01. The first kappa shape index (κ1) is 18.7. The molecule has 0 unspecified atom stereocenters. The largest absolute Gasteiger partial charge is 0.503 e. The van der Waals surface area contributed by atoms with E-state index in [1.54, 1.807) is 74.1 Å². The van der Waals surface area contributed by atoms with Crippen LogP contribution in [0.25, 0.3) is 5.57 Å². The molecule has 1 N–H and O–H groups in total. The molecule has 0 aliphatic carbocycles. The molecule has 1 aliphatic heterocycles. The number of ether oxygens (including phenoxy) is 1. The fourth-order valence-electron chi connectivity index (χ4n) is 3.59. The first-order chi connectivity index (χ1) is 14.1. The summed E-state index contributed by atoms with van der Waals surface area (Å²) in [6, 6.07) is 16.1. The quantitative estimate of drug-likeness (QED) is 0.706. The van der Waals surface area contributed by atoms with Gasteiger partial charge in [0.05, 0.1) is 13.2 Å². The maximum absolute atomic E-state index is 14.7. The number of nitrogens with zero attached hydrogens (tertiary/aromatic N) is 2. The number of aromatic nitrogens is 1. The van der Waals surface area contributed by atoms with Crippen molar-refractivity contribution >= 4 is 11.5 Å². The molecule has 0 spiro atoms. The smallest absolute Gasteiger partial charge is 0.290 e. The second kappa shape index (κ2) is 7.75. The van der Waals surface area contributed by atoms with Crippen LogP contribution in [-0.2, 0) is 11.3 Å². The van der Waals surface area contributed by atoms with Crippen molar-refractivity contribution in [3.63, 3.8) is 0 Å². The Hall–Kier alpha value is -3.67. The highest BCUT2D eigenvalue weighted by Crippen LogP contribution is 2.44. The lowest BCUT2D eigenvalue weighted by Crippen LogP contribution is -2.30. The van der Waals surface area contributed by atoms with E-state index >= 15 is 0 Å². The highest BCUT2D eigenvalue weighted by Gasteiger charge is 2.42. The van der Waals surface area contributed by atoms with E-state index in [1.165, 1.54) is 11.0 Å². The van der Waals surface area contributed by atoms with Crippen LogP contribution in [0, 0.1) is 5.82 Å². The molecule has 0 bridgehead atoms. The van der Waals surface area contributed by atoms with E-state index in [0.29, 0.717) is 22.4 Å². The Morgan fingerprint density at radius 3 is 2.41 bits per heavy atom. The number of benzene rings is 2. The number of aliphatic hydroxyl groups is 1. The Balaban J connectivity index is 1.83. The third-order valence-electron chi connectivity index (χ3n) is 5.01. The first-order valence-corrected chi connectivity index (χ1v) is 9.12. The van der Waals surface area contributed by atoms with E-state index in [2.05, 4.69) is 4.98 Å². The molecular weight excluding hydrogens is 371 g/mol. The fourth-order valence-corrected chi connectivity index (χ4v) is 3.59. The summed E-state index contributed by atoms with van der Waals surface area (Å²) in [7, 11) is 1.56. The topological polar surface area (TPSA) is 62.7 Å². The van der Waals surface area contributed by atoms with E-state index in [0.717, 1.165) is 5.56 Å². The van der Waals surface area contributed by atoms with Crippen molar-refractivity contribution in [1.82, 2.24) is 9.88 Å². The van der Waals surface area contributed by atoms with Crippen molar-refractivity contribution in [1.29, 1.82) is 0 Å². The number of pyridine rings is 1. The molecule has 4 rings (SSSR count). The van der Waals surface area contributed by atoms with Crippen LogP contribution in [0.4, 0.5) is 4.39 Å². The average molecular weight is 390 g/mol. The monoisotopic (exact) mass is 390 g/mol. The van der Waals surface area contributed by atoms with Crippen LogP contribution in [0.2, 0.25) is 0 Å². The summed E-state index contributed by atoms with van der Waals surface area (Å²) < 4.78 is 19.9. The normalized spacial score (nSPS) is 16.4. The number of hydrogen-bond donors (Lipinski definition) is 1. The van der Waals surface area contributed by atoms with E-state index in [9.17, 15) is 14.3 Å². The van der Waals surface area contributed by atoms with E-state index in [-0.39, 0.29) is 12.3 Å². The number of carbonyl (C=O) groups excluding carboxylic acids is 1. The maximum Gasteiger partial charge on any atom is 0.290 e.